The van der Waals surface area contributed by atoms with Crippen molar-refractivity contribution in [2.75, 3.05) is 45.2 Å². The lowest BCUT2D eigenvalue weighted by Gasteiger charge is -2.28. The Balaban J connectivity index is 1.92. The van der Waals surface area contributed by atoms with Crippen molar-refractivity contribution >= 4 is 23.2 Å². The summed E-state index contributed by atoms with van der Waals surface area (Å²) in [4.78, 5) is 27.0. The number of nitrogens with one attached hydrogen (secondary N) is 1. The molecule has 2 aromatic carbocycles. The van der Waals surface area contributed by atoms with Crippen LogP contribution in [0.3, 0.4) is 0 Å². The minimum absolute atomic E-state index is 0.0459. The number of ether oxygens (including phenoxy) is 4. The number of hydrogen-bond acceptors (Lipinski definition) is 6. The smallest absolute Gasteiger partial charge is 0.259 e. The van der Waals surface area contributed by atoms with Gasteiger partial charge in [0.2, 0.25) is 11.7 Å². The van der Waals surface area contributed by atoms with Crippen molar-refractivity contribution in [2.24, 2.45) is 0 Å². The molecule has 1 saturated heterocycles. The second-order valence-corrected chi connectivity index (χ2v) is 6.73. The van der Waals surface area contributed by atoms with Crippen molar-refractivity contribution in [2.45, 2.75) is 19.3 Å². The molecule has 1 fully saturated rings. The molecular formula is C22H26N2O6. The van der Waals surface area contributed by atoms with Gasteiger partial charge in [-0.15, -0.1) is 0 Å². The number of amides is 2. The number of hydrogen-bond donors (Lipinski definition) is 1. The van der Waals surface area contributed by atoms with Gasteiger partial charge in [-0.3, -0.25) is 9.59 Å². The second-order valence-electron chi connectivity index (χ2n) is 6.73. The van der Waals surface area contributed by atoms with E-state index in [0.717, 1.165) is 12.8 Å². The van der Waals surface area contributed by atoms with Gasteiger partial charge in [0, 0.05) is 18.7 Å². The number of methoxy groups -OCH3 is 4. The van der Waals surface area contributed by atoms with E-state index in [1.807, 2.05) is 0 Å². The lowest BCUT2D eigenvalue weighted by atomic mass is 10.1. The first-order valence-electron chi connectivity index (χ1n) is 9.62. The lowest BCUT2D eigenvalue weighted by molar-refractivity contribution is -0.119. The number of piperidine rings is 1. The summed E-state index contributed by atoms with van der Waals surface area (Å²) in [5.41, 5.74) is 1.46. The minimum atomic E-state index is -0.381. The van der Waals surface area contributed by atoms with Gasteiger partial charge in [-0.05, 0) is 43.2 Å². The third-order valence-corrected chi connectivity index (χ3v) is 5.00. The van der Waals surface area contributed by atoms with Gasteiger partial charge >= 0.3 is 0 Å². The van der Waals surface area contributed by atoms with Gasteiger partial charge in [-0.2, -0.15) is 0 Å². The minimum Gasteiger partial charge on any atom is -0.495 e. The summed E-state index contributed by atoms with van der Waals surface area (Å²) in [5, 5.41) is 2.86. The third kappa shape index (κ3) is 4.12. The Morgan fingerprint density at radius 2 is 1.60 bits per heavy atom. The number of benzene rings is 2. The first-order chi connectivity index (χ1) is 14.5. The molecule has 1 aliphatic rings. The summed E-state index contributed by atoms with van der Waals surface area (Å²) in [7, 11) is 6.01. The maximum absolute atomic E-state index is 13.0. The molecule has 0 atom stereocenters. The van der Waals surface area contributed by atoms with Gasteiger partial charge in [0.05, 0.1) is 39.7 Å². The zero-order valence-corrected chi connectivity index (χ0v) is 17.6. The molecule has 3 rings (SSSR count). The van der Waals surface area contributed by atoms with Crippen LogP contribution in [0.4, 0.5) is 11.4 Å². The van der Waals surface area contributed by atoms with Gasteiger partial charge in [0.25, 0.3) is 5.91 Å². The van der Waals surface area contributed by atoms with E-state index < -0.39 is 0 Å². The molecule has 0 spiro atoms. The highest BCUT2D eigenvalue weighted by Crippen LogP contribution is 2.40. The molecule has 0 radical (unpaired) electrons. The van der Waals surface area contributed by atoms with Crippen molar-refractivity contribution in [1.82, 2.24) is 0 Å². The van der Waals surface area contributed by atoms with Crippen LogP contribution in [0.2, 0.25) is 0 Å². The molecule has 0 aromatic heterocycles. The molecule has 0 bridgehead atoms. The van der Waals surface area contributed by atoms with Gasteiger partial charge in [-0.1, -0.05) is 0 Å². The molecule has 0 unspecified atom stereocenters. The highest BCUT2D eigenvalue weighted by molar-refractivity contribution is 6.07. The lowest BCUT2D eigenvalue weighted by Crippen LogP contribution is -2.35. The first kappa shape index (κ1) is 21.3. The Morgan fingerprint density at radius 1 is 0.900 bits per heavy atom. The van der Waals surface area contributed by atoms with Crippen molar-refractivity contribution in [3.05, 3.63) is 35.9 Å². The number of nitrogens with zero attached hydrogens (tertiary/aromatic N) is 1. The Morgan fingerprint density at radius 3 is 2.23 bits per heavy atom. The summed E-state index contributed by atoms with van der Waals surface area (Å²) < 4.78 is 21.4. The molecule has 2 aromatic rings. The number of carbonyl (C=O) groups is 2. The van der Waals surface area contributed by atoms with Crippen LogP contribution in [0, 0.1) is 0 Å². The average Bonchev–Trinajstić information content (AvgIpc) is 2.78. The summed E-state index contributed by atoms with van der Waals surface area (Å²) in [5.74, 6) is 1.31. The van der Waals surface area contributed by atoms with Crippen LogP contribution in [-0.2, 0) is 4.79 Å². The quantitative estimate of drug-likeness (QED) is 0.746. The Labute approximate surface area is 175 Å². The molecule has 2 amide bonds. The monoisotopic (exact) mass is 414 g/mol. The number of carbonyl (C=O) groups excluding carboxylic acids is 2. The van der Waals surface area contributed by atoms with Crippen LogP contribution < -0.4 is 29.2 Å². The molecule has 160 valence electrons. The second kappa shape index (κ2) is 9.39. The van der Waals surface area contributed by atoms with E-state index in [-0.39, 0.29) is 17.6 Å². The van der Waals surface area contributed by atoms with Crippen LogP contribution in [-0.4, -0.2) is 46.8 Å². The van der Waals surface area contributed by atoms with Crippen LogP contribution in [0.5, 0.6) is 23.0 Å². The largest absolute Gasteiger partial charge is 0.495 e. The predicted octanol–water partition coefficient (Wildman–Crippen LogP) is 3.49. The van der Waals surface area contributed by atoms with E-state index in [1.165, 1.54) is 21.3 Å². The molecule has 1 heterocycles. The highest BCUT2D eigenvalue weighted by Gasteiger charge is 2.24. The fraction of sp³-hybridized carbons (Fsp3) is 0.364. The van der Waals surface area contributed by atoms with Crippen LogP contribution in [0.25, 0.3) is 0 Å². The summed E-state index contributed by atoms with van der Waals surface area (Å²) in [6, 6.07) is 8.45. The molecule has 0 saturated carbocycles. The Kier molecular flexibility index (Phi) is 6.66. The maximum Gasteiger partial charge on any atom is 0.259 e. The average molecular weight is 414 g/mol. The van der Waals surface area contributed by atoms with Gasteiger partial charge < -0.3 is 29.2 Å². The fourth-order valence-electron chi connectivity index (χ4n) is 3.52. The molecule has 1 aliphatic heterocycles. The molecule has 8 nitrogen and oxygen atoms in total. The number of anilines is 2. The van der Waals surface area contributed by atoms with Crippen LogP contribution in [0.15, 0.2) is 30.3 Å². The Bertz CT molecular complexity index is 943. The standard InChI is InChI=1S/C22H26N2O6/c1-27-17-10-8-14(13-16(17)24-12-6-5-7-19(24)25)23-22(26)15-9-11-18(28-2)21(30-4)20(15)29-3/h8-11,13H,5-7,12H2,1-4H3,(H,23,26). The van der Waals surface area contributed by atoms with Crippen molar-refractivity contribution in [3.8, 4) is 23.0 Å². The van der Waals surface area contributed by atoms with E-state index in [4.69, 9.17) is 18.9 Å². The van der Waals surface area contributed by atoms with Gasteiger partial charge in [0.1, 0.15) is 5.75 Å². The summed E-state index contributed by atoms with van der Waals surface area (Å²) >= 11 is 0. The summed E-state index contributed by atoms with van der Waals surface area (Å²) in [6.07, 6.45) is 2.31. The van der Waals surface area contributed by atoms with Crippen LogP contribution in [0.1, 0.15) is 29.6 Å². The molecule has 0 aliphatic carbocycles. The van der Waals surface area contributed by atoms with E-state index in [2.05, 4.69) is 5.32 Å². The zero-order valence-electron chi connectivity index (χ0n) is 17.6. The van der Waals surface area contributed by atoms with Crippen molar-refractivity contribution in [1.29, 1.82) is 0 Å². The molecule has 8 heteroatoms. The van der Waals surface area contributed by atoms with Gasteiger partial charge in [-0.25, -0.2) is 0 Å². The van der Waals surface area contributed by atoms with E-state index in [1.54, 1.807) is 42.3 Å². The van der Waals surface area contributed by atoms with Crippen LogP contribution >= 0.6 is 0 Å². The summed E-state index contributed by atoms with van der Waals surface area (Å²) in [6.45, 7) is 0.621. The number of rotatable bonds is 7. The zero-order chi connectivity index (χ0) is 21.7. The van der Waals surface area contributed by atoms with Crippen molar-refractivity contribution < 1.29 is 28.5 Å². The van der Waals surface area contributed by atoms with E-state index >= 15 is 0 Å². The normalized spacial score (nSPS) is 13.6. The van der Waals surface area contributed by atoms with E-state index in [9.17, 15) is 9.59 Å². The molecule has 30 heavy (non-hydrogen) atoms. The van der Waals surface area contributed by atoms with E-state index in [0.29, 0.717) is 47.2 Å². The van der Waals surface area contributed by atoms with Gasteiger partial charge in [0.15, 0.2) is 11.5 Å². The maximum atomic E-state index is 13.0. The SMILES string of the molecule is COc1ccc(NC(=O)c2ccc(OC)c(OC)c2OC)cc1N1CCCCC1=O. The van der Waals surface area contributed by atoms with Crippen molar-refractivity contribution in [3.63, 3.8) is 0 Å². The first-order valence-corrected chi connectivity index (χ1v) is 9.62. The predicted molar refractivity (Wildman–Crippen MR) is 113 cm³/mol. The fourth-order valence-corrected chi connectivity index (χ4v) is 3.52. The Hall–Kier alpha value is -3.42. The topological polar surface area (TPSA) is 86.3 Å². The molecular weight excluding hydrogens is 388 g/mol. The molecule has 1 N–H and O–H groups in total. The third-order valence-electron chi connectivity index (χ3n) is 5.00. The highest BCUT2D eigenvalue weighted by atomic mass is 16.5.